The molecule has 144 valence electrons. The Hall–Kier alpha value is -3.68. The largest absolute Gasteiger partial charge is 0.497 e. The second-order valence-electron chi connectivity index (χ2n) is 6.11. The van der Waals surface area contributed by atoms with E-state index in [0.717, 1.165) is 9.13 Å². The highest BCUT2D eigenvalue weighted by atomic mass is 19.1. The summed E-state index contributed by atoms with van der Waals surface area (Å²) in [6.07, 6.45) is 2.66. The van der Waals surface area contributed by atoms with E-state index < -0.39 is 22.8 Å². The van der Waals surface area contributed by atoms with Crippen molar-refractivity contribution in [2.24, 2.45) is 0 Å². The molecule has 2 aromatic carbocycles. The quantitative estimate of drug-likeness (QED) is 0.684. The molecule has 0 aliphatic carbocycles. The second kappa shape index (κ2) is 7.91. The van der Waals surface area contributed by atoms with E-state index >= 15 is 0 Å². The Morgan fingerprint density at radius 3 is 2.46 bits per heavy atom. The smallest absolute Gasteiger partial charge is 0.320 e. The van der Waals surface area contributed by atoms with Crippen LogP contribution in [0.1, 0.15) is 5.56 Å². The van der Waals surface area contributed by atoms with E-state index in [1.165, 1.54) is 37.7 Å². The van der Waals surface area contributed by atoms with Crippen LogP contribution in [-0.2, 0) is 11.3 Å². The molecule has 8 heteroatoms. The summed E-state index contributed by atoms with van der Waals surface area (Å²) in [5.41, 5.74) is -0.304. The maximum Gasteiger partial charge on any atom is 0.320 e. The van der Waals surface area contributed by atoms with Crippen molar-refractivity contribution in [3.8, 4) is 11.4 Å². The van der Waals surface area contributed by atoms with Crippen LogP contribution in [0.15, 0.2) is 64.4 Å². The Bertz CT molecular complexity index is 1130. The van der Waals surface area contributed by atoms with Gasteiger partial charge < -0.3 is 10.1 Å². The van der Waals surface area contributed by atoms with Crippen molar-refractivity contribution in [1.29, 1.82) is 0 Å². The molecular formula is C20H18FN3O4. The zero-order valence-electron chi connectivity index (χ0n) is 15.3. The van der Waals surface area contributed by atoms with E-state index in [2.05, 4.69) is 5.32 Å². The first-order valence-corrected chi connectivity index (χ1v) is 8.41. The number of carbonyl (C=O) groups is 1. The number of ether oxygens (including phenoxy) is 1. The summed E-state index contributed by atoms with van der Waals surface area (Å²) in [4.78, 5) is 37.0. The number of aromatic nitrogens is 2. The van der Waals surface area contributed by atoms with Crippen molar-refractivity contribution in [3.63, 3.8) is 0 Å². The van der Waals surface area contributed by atoms with Crippen molar-refractivity contribution in [2.45, 2.75) is 13.5 Å². The Morgan fingerprint density at radius 1 is 1.07 bits per heavy atom. The standard InChI is InChI=1S/C20H18FN3O4/c1-13-3-4-14(21)11-17(13)24-10-9-23(19(26)20(24)27)12-18(25)22-15-5-7-16(28-2)8-6-15/h3-11H,12H2,1-2H3,(H,22,25). The lowest BCUT2D eigenvalue weighted by Gasteiger charge is -2.11. The molecule has 0 aliphatic rings. The molecule has 1 heterocycles. The summed E-state index contributed by atoms with van der Waals surface area (Å²) in [5, 5.41) is 2.64. The first-order valence-electron chi connectivity index (χ1n) is 8.41. The number of rotatable bonds is 5. The highest BCUT2D eigenvalue weighted by Gasteiger charge is 2.12. The molecule has 0 saturated carbocycles. The van der Waals surface area contributed by atoms with Crippen LogP contribution in [0.4, 0.5) is 10.1 Å². The third kappa shape index (κ3) is 4.01. The van der Waals surface area contributed by atoms with Crippen LogP contribution in [0.2, 0.25) is 0 Å². The van der Waals surface area contributed by atoms with Gasteiger partial charge in [-0.25, -0.2) is 4.39 Å². The maximum atomic E-state index is 13.5. The number of carbonyl (C=O) groups excluding carboxylic acids is 1. The number of nitrogens with one attached hydrogen (secondary N) is 1. The Labute approximate surface area is 159 Å². The van der Waals surface area contributed by atoms with Gasteiger partial charge in [0.1, 0.15) is 18.1 Å². The van der Waals surface area contributed by atoms with Crippen LogP contribution in [0.25, 0.3) is 5.69 Å². The molecule has 1 aromatic heterocycles. The molecule has 0 atom stereocenters. The van der Waals surface area contributed by atoms with Crippen LogP contribution in [0.5, 0.6) is 5.75 Å². The lowest BCUT2D eigenvalue weighted by Crippen LogP contribution is -2.41. The topological polar surface area (TPSA) is 82.3 Å². The number of halogens is 1. The lowest BCUT2D eigenvalue weighted by molar-refractivity contribution is -0.116. The van der Waals surface area contributed by atoms with Gasteiger partial charge in [0.15, 0.2) is 0 Å². The van der Waals surface area contributed by atoms with Gasteiger partial charge in [-0.05, 0) is 48.9 Å². The number of aryl methyl sites for hydroxylation is 1. The van der Waals surface area contributed by atoms with E-state index in [4.69, 9.17) is 4.74 Å². The maximum absolute atomic E-state index is 13.5. The zero-order valence-corrected chi connectivity index (χ0v) is 15.3. The highest BCUT2D eigenvalue weighted by molar-refractivity contribution is 5.90. The molecule has 7 nitrogen and oxygen atoms in total. The molecule has 0 aliphatic heterocycles. The fourth-order valence-corrected chi connectivity index (χ4v) is 2.69. The first kappa shape index (κ1) is 19.1. The van der Waals surface area contributed by atoms with Gasteiger partial charge >= 0.3 is 11.1 Å². The summed E-state index contributed by atoms with van der Waals surface area (Å²) in [7, 11) is 1.54. The van der Waals surface area contributed by atoms with Crippen LogP contribution in [-0.4, -0.2) is 22.2 Å². The summed E-state index contributed by atoms with van der Waals surface area (Å²) in [5.74, 6) is -0.340. The fourth-order valence-electron chi connectivity index (χ4n) is 2.69. The van der Waals surface area contributed by atoms with E-state index in [-0.39, 0.29) is 12.2 Å². The first-order chi connectivity index (χ1) is 13.4. The molecule has 0 spiro atoms. The summed E-state index contributed by atoms with van der Waals surface area (Å²) in [6, 6.07) is 10.7. The SMILES string of the molecule is COc1ccc(NC(=O)Cn2ccn(-c3cc(F)ccc3C)c(=O)c2=O)cc1. The third-order valence-electron chi connectivity index (χ3n) is 4.18. The number of benzene rings is 2. The summed E-state index contributed by atoms with van der Waals surface area (Å²) in [6.45, 7) is 1.37. The molecule has 3 aromatic rings. The van der Waals surface area contributed by atoms with Gasteiger partial charge in [0, 0.05) is 18.1 Å². The average molecular weight is 383 g/mol. The molecule has 3 rings (SSSR count). The second-order valence-corrected chi connectivity index (χ2v) is 6.11. The zero-order chi connectivity index (χ0) is 20.3. The molecule has 0 fully saturated rings. The van der Waals surface area contributed by atoms with Crippen molar-refractivity contribution >= 4 is 11.6 Å². The van der Waals surface area contributed by atoms with E-state index in [0.29, 0.717) is 17.0 Å². The normalized spacial score (nSPS) is 10.5. The predicted octanol–water partition coefficient (Wildman–Crippen LogP) is 2.09. The molecule has 1 N–H and O–H groups in total. The number of anilines is 1. The number of amides is 1. The number of hydrogen-bond acceptors (Lipinski definition) is 4. The van der Waals surface area contributed by atoms with Gasteiger partial charge in [0.2, 0.25) is 5.91 Å². The van der Waals surface area contributed by atoms with E-state index in [1.807, 2.05) is 0 Å². The molecule has 0 bridgehead atoms. The third-order valence-corrected chi connectivity index (χ3v) is 4.18. The van der Waals surface area contributed by atoms with Crippen molar-refractivity contribution in [1.82, 2.24) is 9.13 Å². The van der Waals surface area contributed by atoms with Crippen LogP contribution < -0.4 is 21.2 Å². The van der Waals surface area contributed by atoms with Gasteiger partial charge in [-0.2, -0.15) is 0 Å². The minimum atomic E-state index is -0.879. The minimum Gasteiger partial charge on any atom is -0.497 e. The number of nitrogens with zero attached hydrogens (tertiary/aromatic N) is 2. The van der Waals surface area contributed by atoms with Crippen LogP contribution in [0, 0.1) is 12.7 Å². The van der Waals surface area contributed by atoms with Gasteiger partial charge in [-0.15, -0.1) is 0 Å². The fraction of sp³-hybridized carbons (Fsp3) is 0.150. The lowest BCUT2D eigenvalue weighted by atomic mass is 10.2. The van der Waals surface area contributed by atoms with Crippen molar-refractivity contribution in [3.05, 3.63) is 86.9 Å². The molecule has 0 saturated heterocycles. The monoisotopic (exact) mass is 383 g/mol. The Balaban J connectivity index is 1.82. The van der Waals surface area contributed by atoms with Crippen LogP contribution in [0.3, 0.4) is 0 Å². The highest BCUT2D eigenvalue weighted by Crippen LogP contribution is 2.15. The van der Waals surface area contributed by atoms with Crippen molar-refractivity contribution < 1.29 is 13.9 Å². The Kier molecular flexibility index (Phi) is 5.39. The number of methoxy groups -OCH3 is 1. The average Bonchev–Trinajstić information content (AvgIpc) is 2.68. The minimum absolute atomic E-state index is 0.275. The van der Waals surface area contributed by atoms with E-state index in [9.17, 15) is 18.8 Å². The molecule has 1 amide bonds. The molecule has 28 heavy (non-hydrogen) atoms. The molecule has 0 unspecified atom stereocenters. The summed E-state index contributed by atoms with van der Waals surface area (Å²) < 4.78 is 20.6. The van der Waals surface area contributed by atoms with Gasteiger partial charge in [0.05, 0.1) is 12.8 Å². The van der Waals surface area contributed by atoms with Crippen molar-refractivity contribution in [2.75, 3.05) is 12.4 Å². The number of hydrogen-bond donors (Lipinski definition) is 1. The van der Waals surface area contributed by atoms with E-state index in [1.54, 1.807) is 31.2 Å². The predicted molar refractivity (Wildman–Crippen MR) is 103 cm³/mol. The Morgan fingerprint density at radius 2 is 1.79 bits per heavy atom. The van der Waals surface area contributed by atoms with Gasteiger partial charge in [-0.3, -0.25) is 23.5 Å². The summed E-state index contributed by atoms with van der Waals surface area (Å²) >= 11 is 0. The van der Waals surface area contributed by atoms with Gasteiger partial charge in [-0.1, -0.05) is 6.07 Å². The molecular weight excluding hydrogens is 365 g/mol. The molecule has 0 radical (unpaired) electrons. The van der Waals surface area contributed by atoms with Crippen LogP contribution >= 0.6 is 0 Å². The van der Waals surface area contributed by atoms with Gasteiger partial charge in [0.25, 0.3) is 0 Å².